The Kier molecular flexibility index (Phi) is 5.55. The molecule has 0 spiro atoms. The Morgan fingerprint density at radius 2 is 2.00 bits per heavy atom. The highest BCUT2D eigenvalue weighted by molar-refractivity contribution is 7.17. The van der Waals surface area contributed by atoms with E-state index >= 15 is 0 Å². The summed E-state index contributed by atoms with van der Waals surface area (Å²) >= 11 is 1.26. The predicted molar refractivity (Wildman–Crippen MR) is 114 cm³/mol. The van der Waals surface area contributed by atoms with Crippen molar-refractivity contribution in [3.63, 3.8) is 0 Å². The molecule has 3 aromatic rings. The highest BCUT2D eigenvalue weighted by Crippen LogP contribution is 2.41. The molecule has 3 heterocycles. The van der Waals surface area contributed by atoms with Gasteiger partial charge in [-0.1, -0.05) is 43.7 Å². The van der Waals surface area contributed by atoms with Crippen molar-refractivity contribution in [3.05, 3.63) is 76.4 Å². The summed E-state index contributed by atoms with van der Waals surface area (Å²) in [6.45, 7) is 4.22. The van der Waals surface area contributed by atoms with Crippen molar-refractivity contribution in [1.82, 2.24) is 9.88 Å². The first-order valence-electron chi connectivity index (χ1n) is 9.88. The second-order valence-corrected chi connectivity index (χ2v) is 8.16. The number of hydrogen-bond donors (Lipinski definition) is 1. The van der Waals surface area contributed by atoms with Gasteiger partial charge in [0, 0.05) is 12.1 Å². The quantitative estimate of drug-likeness (QED) is 0.536. The number of furan rings is 1. The van der Waals surface area contributed by atoms with E-state index in [0.717, 1.165) is 23.4 Å². The number of aryl methyl sites for hydroxylation is 1. The minimum Gasteiger partial charge on any atom is -0.503 e. The van der Waals surface area contributed by atoms with Gasteiger partial charge in [0.15, 0.2) is 5.76 Å². The molecule has 1 aliphatic heterocycles. The van der Waals surface area contributed by atoms with Gasteiger partial charge >= 0.3 is 0 Å². The molecular formula is C23H22N2O4S. The van der Waals surface area contributed by atoms with E-state index in [9.17, 15) is 14.7 Å². The molecule has 1 atom stereocenters. The van der Waals surface area contributed by atoms with Gasteiger partial charge in [-0.15, -0.1) is 11.3 Å². The number of rotatable bonds is 7. The number of hydrogen-bond acceptors (Lipinski definition) is 6. The average Bonchev–Trinajstić information content (AvgIpc) is 3.47. The van der Waals surface area contributed by atoms with E-state index in [2.05, 4.69) is 4.98 Å². The van der Waals surface area contributed by atoms with Crippen molar-refractivity contribution in [2.45, 2.75) is 32.7 Å². The van der Waals surface area contributed by atoms with Crippen LogP contribution in [0.3, 0.4) is 0 Å². The van der Waals surface area contributed by atoms with Crippen LogP contribution in [0.15, 0.2) is 64.5 Å². The molecule has 30 heavy (non-hydrogen) atoms. The van der Waals surface area contributed by atoms with Gasteiger partial charge in [-0.2, -0.15) is 0 Å². The zero-order valence-corrected chi connectivity index (χ0v) is 17.6. The Labute approximate surface area is 178 Å². The van der Waals surface area contributed by atoms with Crippen LogP contribution < -0.4 is 0 Å². The molecule has 0 aliphatic carbocycles. The average molecular weight is 423 g/mol. The number of amides is 1. The Balaban J connectivity index is 1.75. The topological polar surface area (TPSA) is 83.6 Å². The molecule has 0 saturated heterocycles. The summed E-state index contributed by atoms with van der Waals surface area (Å²) in [7, 11) is 0. The molecular weight excluding hydrogens is 400 g/mol. The van der Waals surface area contributed by atoms with Crippen LogP contribution in [0.25, 0.3) is 10.6 Å². The van der Waals surface area contributed by atoms with Crippen LogP contribution in [0.5, 0.6) is 0 Å². The van der Waals surface area contributed by atoms with Crippen molar-refractivity contribution < 1.29 is 19.1 Å². The third-order valence-electron chi connectivity index (χ3n) is 5.14. The summed E-state index contributed by atoms with van der Waals surface area (Å²) in [5.74, 6) is -0.985. The van der Waals surface area contributed by atoms with Crippen LogP contribution in [-0.2, 0) is 4.79 Å². The standard InChI is InChI=1S/C23H22N2O4S/c1-3-4-12-25-18(16-11-8-13-29-16)17(20(27)23(25)28)19(26)21-14(2)24-22(30-21)15-9-6-5-7-10-15/h5-11,13,18,27H,3-4,12H2,1-2H3. The summed E-state index contributed by atoms with van der Waals surface area (Å²) in [6, 6.07) is 12.3. The van der Waals surface area contributed by atoms with Crippen molar-refractivity contribution in [1.29, 1.82) is 0 Å². The van der Waals surface area contributed by atoms with E-state index in [0.29, 0.717) is 22.9 Å². The number of unbranched alkanes of at least 4 members (excludes halogenated alkanes) is 1. The molecule has 154 valence electrons. The fourth-order valence-corrected chi connectivity index (χ4v) is 4.65. The lowest BCUT2D eigenvalue weighted by molar-refractivity contribution is -0.129. The van der Waals surface area contributed by atoms with Gasteiger partial charge in [0.1, 0.15) is 16.8 Å². The molecule has 1 aliphatic rings. The molecule has 0 fully saturated rings. The smallest absolute Gasteiger partial charge is 0.290 e. The summed E-state index contributed by atoms with van der Waals surface area (Å²) in [5, 5.41) is 11.4. The largest absolute Gasteiger partial charge is 0.503 e. The number of ketones is 1. The van der Waals surface area contributed by atoms with Gasteiger partial charge in [0.25, 0.3) is 5.91 Å². The van der Waals surface area contributed by atoms with Gasteiger partial charge in [0.2, 0.25) is 5.78 Å². The van der Waals surface area contributed by atoms with E-state index in [1.165, 1.54) is 22.5 Å². The zero-order chi connectivity index (χ0) is 21.3. The fourth-order valence-electron chi connectivity index (χ4n) is 3.62. The number of aromatic nitrogens is 1. The van der Waals surface area contributed by atoms with Crippen molar-refractivity contribution >= 4 is 23.0 Å². The van der Waals surface area contributed by atoms with E-state index in [4.69, 9.17) is 4.42 Å². The zero-order valence-electron chi connectivity index (χ0n) is 16.8. The Morgan fingerprint density at radius 1 is 1.23 bits per heavy atom. The number of nitrogens with zero attached hydrogens (tertiary/aromatic N) is 2. The van der Waals surface area contributed by atoms with Crippen molar-refractivity contribution in [3.8, 4) is 10.6 Å². The van der Waals surface area contributed by atoms with Crippen LogP contribution in [-0.4, -0.2) is 33.2 Å². The molecule has 1 unspecified atom stereocenters. The number of aliphatic hydroxyl groups excluding tert-OH is 1. The van der Waals surface area contributed by atoms with E-state index in [1.807, 2.05) is 37.3 Å². The van der Waals surface area contributed by atoms with Gasteiger partial charge in [-0.25, -0.2) is 4.98 Å². The van der Waals surface area contributed by atoms with Gasteiger partial charge in [-0.3, -0.25) is 9.59 Å². The Morgan fingerprint density at radius 3 is 2.67 bits per heavy atom. The third kappa shape index (κ3) is 3.45. The fraction of sp³-hybridized carbons (Fsp3) is 0.261. The molecule has 6 nitrogen and oxygen atoms in total. The van der Waals surface area contributed by atoms with Crippen LogP contribution >= 0.6 is 11.3 Å². The lowest BCUT2D eigenvalue weighted by Gasteiger charge is -2.24. The first kappa shape index (κ1) is 20.1. The molecule has 0 saturated carbocycles. The van der Waals surface area contributed by atoms with Crippen LogP contribution in [0.2, 0.25) is 0 Å². The molecule has 4 rings (SSSR count). The number of benzene rings is 1. The minimum atomic E-state index is -0.742. The Hall–Kier alpha value is -3.19. The lowest BCUT2D eigenvalue weighted by Crippen LogP contribution is -2.31. The normalized spacial score (nSPS) is 16.5. The van der Waals surface area contributed by atoms with Crippen LogP contribution in [0.1, 0.15) is 46.9 Å². The molecule has 7 heteroatoms. The lowest BCUT2D eigenvalue weighted by atomic mass is 9.99. The summed E-state index contributed by atoms with van der Waals surface area (Å²) in [5.41, 5.74) is 1.54. The molecule has 0 radical (unpaired) electrons. The first-order chi connectivity index (χ1) is 14.5. The first-order valence-corrected chi connectivity index (χ1v) is 10.7. The number of aliphatic hydroxyl groups is 1. The molecule has 0 bridgehead atoms. The molecule has 2 aromatic heterocycles. The van der Waals surface area contributed by atoms with Crippen molar-refractivity contribution in [2.75, 3.05) is 6.54 Å². The summed E-state index contributed by atoms with van der Waals surface area (Å²) < 4.78 is 5.54. The molecule has 1 N–H and O–H groups in total. The van der Waals surface area contributed by atoms with Crippen LogP contribution in [0.4, 0.5) is 0 Å². The minimum absolute atomic E-state index is 0.0532. The van der Waals surface area contributed by atoms with E-state index in [-0.39, 0.29) is 5.57 Å². The van der Waals surface area contributed by atoms with Gasteiger partial charge in [0.05, 0.1) is 22.4 Å². The number of Topliss-reactive ketones (excluding diaryl/α,β-unsaturated/α-hetero) is 1. The predicted octanol–water partition coefficient (Wildman–Crippen LogP) is 5.09. The maximum Gasteiger partial charge on any atom is 0.290 e. The summed E-state index contributed by atoms with van der Waals surface area (Å²) in [4.78, 5) is 32.8. The number of carbonyl (C=O) groups is 2. The van der Waals surface area contributed by atoms with E-state index in [1.54, 1.807) is 19.1 Å². The molecule has 1 amide bonds. The maximum absolute atomic E-state index is 13.5. The van der Waals surface area contributed by atoms with Crippen LogP contribution in [0, 0.1) is 6.92 Å². The second-order valence-electron chi connectivity index (χ2n) is 7.16. The monoisotopic (exact) mass is 422 g/mol. The third-order valence-corrected chi connectivity index (χ3v) is 6.34. The highest BCUT2D eigenvalue weighted by atomic mass is 32.1. The summed E-state index contributed by atoms with van der Waals surface area (Å²) in [6.07, 6.45) is 3.14. The number of carbonyl (C=O) groups excluding carboxylic acids is 2. The van der Waals surface area contributed by atoms with Gasteiger partial charge < -0.3 is 14.4 Å². The number of thiazole rings is 1. The molecule has 1 aromatic carbocycles. The Bertz CT molecular complexity index is 1100. The maximum atomic E-state index is 13.5. The SMILES string of the molecule is CCCCN1C(=O)C(O)=C(C(=O)c2sc(-c3ccccc3)nc2C)C1c1ccco1. The second kappa shape index (κ2) is 8.28. The van der Waals surface area contributed by atoms with Gasteiger partial charge in [-0.05, 0) is 25.5 Å². The van der Waals surface area contributed by atoms with Crippen molar-refractivity contribution in [2.24, 2.45) is 0 Å². The van der Waals surface area contributed by atoms with E-state index < -0.39 is 23.5 Å². The highest BCUT2D eigenvalue weighted by Gasteiger charge is 2.45.